The molecule has 3 aromatic rings. The minimum Gasteiger partial charge on any atom is -0.490 e. The Bertz CT molecular complexity index is 1380. The lowest BCUT2D eigenvalue weighted by Gasteiger charge is -2.20. The van der Waals surface area contributed by atoms with E-state index in [0.717, 1.165) is 5.56 Å². The Morgan fingerprint density at radius 1 is 1.08 bits per heavy atom. The molecule has 1 amide bonds. The van der Waals surface area contributed by atoms with E-state index in [1.54, 1.807) is 37.4 Å². The molecule has 0 unspecified atom stereocenters. The van der Waals surface area contributed by atoms with Gasteiger partial charge in [0.15, 0.2) is 5.11 Å². The predicted octanol–water partition coefficient (Wildman–Crippen LogP) is 4.35. The highest BCUT2D eigenvalue weighted by molar-refractivity contribution is 9.10. The van der Waals surface area contributed by atoms with Gasteiger partial charge in [0, 0.05) is 23.8 Å². The fourth-order valence-corrected chi connectivity index (χ4v) is 5.84. The number of amides is 1. The molecule has 0 saturated carbocycles. The highest BCUT2D eigenvalue weighted by Gasteiger charge is 2.30. The Hall–Kier alpha value is -2.99. The van der Waals surface area contributed by atoms with Crippen molar-refractivity contribution in [3.8, 4) is 5.75 Å². The number of nitrogens with one attached hydrogen (secondary N) is 2. The largest absolute Gasteiger partial charge is 0.490 e. The molecular formula is C25H24BrN3O5S2. The van der Waals surface area contributed by atoms with Crippen LogP contribution in [0.1, 0.15) is 15.9 Å². The molecule has 0 bridgehead atoms. The van der Waals surface area contributed by atoms with E-state index in [2.05, 4.69) is 26.6 Å². The SMILES string of the molecule is COCCOc1ccc(Br)cc1C(=O)NC(=S)Nc1ccc(S(=O)(=O)N2CCc3ccccc32)cc1. The summed E-state index contributed by atoms with van der Waals surface area (Å²) in [5.74, 6) is -0.0540. The number of methoxy groups -OCH3 is 1. The molecule has 0 saturated heterocycles. The number of ether oxygens (including phenoxy) is 2. The number of para-hydroxylation sites is 1. The molecule has 8 nitrogen and oxygen atoms in total. The number of sulfonamides is 1. The summed E-state index contributed by atoms with van der Waals surface area (Å²) < 4.78 is 39.1. The maximum Gasteiger partial charge on any atom is 0.264 e. The zero-order valence-electron chi connectivity index (χ0n) is 19.4. The van der Waals surface area contributed by atoms with Crippen LogP contribution in [0.4, 0.5) is 11.4 Å². The van der Waals surface area contributed by atoms with E-state index in [4.69, 9.17) is 21.7 Å². The van der Waals surface area contributed by atoms with E-state index in [-0.39, 0.29) is 10.0 Å². The van der Waals surface area contributed by atoms with Crippen LogP contribution in [-0.2, 0) is 21.2 Å². The molecule has 0 atom stereocenters. The molecule has 36 heavy (non-hydrogen) atoms. The lowest BCUT2D eigenvalue weighted by Crippen LogP contribution is -2.34. The summed E-state index contributed by atoms with van der Waals surface area (Å²) in [4.78, 5) is 13.0. The minimum atomic E-state index is -3.70. The molecule has 2 N–H and O–H groups in total. The van der Waals surface area contributed by atoms with Gasteiger partial charge < -0.3 is 14.8 Å². The Kier molecular flexibility index (Phi) is 8.24. The molecule has 0 radical (unpaired) electrons. The first kappa shape index (κ1) is 26.1. The molecule has 1 aliphatic heterocycles. The van der Waals surface area contributed by atoms with Gasteiger partial charge in [0.1, 0.15) is 12.4 Å². The van der Waals surface area contributed by atoms with Gasteiger partial charge in [-0.15, -0.1) is 0 Å². The number of fused-ring (bicyclic) bond motifs is 1. The first-order valence-corrected chi connectivity index (χ1v) is 13.7. The lowest BCUT2D eigenvalue weighted by molar-refractivity contribution is 0.0969. The summed E-state index contributed by atoms with van der Waals surface area (Å²) >= 11 is 8.65. The predicted molar refractivity (Wildman–Crippen MR) is 146 cm³/mol. The summed E-state index contributed by atoms with van der Waals surface area (Å²) in [5.41, 5.74) is 2.56. The molecule has 1 aliphatic rings. The average molecular weight is 591 g/mol. The number of hydrogen-bond acceptors (Lipinski definition) is 6. The topological polar surface area (TPSA) is 97.0 Å². The van der Waals surface area contributed by atoms with Crippen molar-refractivity contribution in [2.75, 3.05) is 36.5 Å². The number of rotatable bonds is 8. The van der Waals surface area contributed by atoms with Crippen molar-refractivity contribution in [1.82, 2.24) is 5.32 Å². The van der Waals surface area contributed by atoms with Crippen molar-refractivity contribution < 1.29 is 22.7 Å². The Morgan fingerprint density at radius 3 is 2.58 bits per heavy atom. The van der Waals surface area contributed by atoms with Gasteiger partial charge in [-0.1, -0.05) is 34.1 Å². The van der Waals surface area contributed by atoms with Crippen molar-refractivity contribution in [2.45, 2.75) is 11.3 Å². The first-order valence-electron chi connectivity index (χ1n) is 11.0. The number of carbonyl (C=O) groups is 1. The lowest BCUT2D eigenvalue weighted by atomic mass is 10.2. The van der Waals surface area contributed by atoms with Crippen LogP contribution < -0.4 is 19.7 Å². The van der Waals surface area contributed by atoms with Crippen LogP contribution >= 0.6 is 28.1 Å². The zero-order chi connectivity index (χ0) is 25.7. The fraction of sp³-hybridized carbons (Fsp3) is 0.200. The number of halogens is 1. The summed E-state index contributed by atoms with van der Waals surface area (Å²) in [5, 5.41) is 5.60. The molecule has 0 aliphatic carbocycles. The third-order valence-electron chi connectivity index (χ3n) is 5.50. The van der Waals surface area contributed by atoms with Gasteiger partial charge in [-0.2, -0.15) is 0 Å². The Balaban J connectivity index is 1.41. The Labute approximate surface area is 223 Å². The van der Waals surface area contributed by atoms with E-state index in [1.165, 1.54) is 16.4 Å². The van der Waals surface area contributed by atoms with Crippen molar-refractivity contribution in [1.29, 1.82) is 0 Å². The monoisotopic (exact) mass is 589 g/mol. The second-order valence-electron chi connectivity index (χ2n) is 7.87. The maximum atomic E-state index is 13.2. The van der Waals surface area contributed by atoms with Gasteiger partial charge >= 0.3 is 0 Å². The number of nitrogens with zero attached hydrogens (tertiary/aromatic N) is 1. The van der Waals surface area contributed by atoms with Gasteiger partial charge in [0.05, 0.1) is 22.8 Å². The van der Waals surface area contributed by atoms with Gasteiger partial charge in [0.25, 0.3) is 15.9 Å². The van der Waals surface area contributed by atoms with Crippen LogP contribution in [0, 0.1) is 0 Å². The normalized spacial score (nSPS) is 12.7. The first-order chi connectivity index (χ1) is 17.3. The molecule has 0 fully saturated rings. The summed E-state index contributed by atoms with van der Waals surface area (Å²) in [6, 6.07) is 18.8. The van der Waals surface area contributed by atoms with Crippen LogP contribution in [0.2, 0.25) is 0 Å². The van der Waals surface area contributed by atoms with Gasteiger partial charge in [-0.3, -0.25) is 14.4 Å². The molecule has 11 heteroatoms. The average Bonchev–Trinajstić information content (AvgIpc) is 3.30. The molecule has 4 rings (SSSR count). The summed E-state index contributed by atoms with van der Waals surface area (Å²) in [6.45, 7) is 1.08. The van der Waals surface area contributed by atoms with E-state index in [1.807, 2.05) is 24.3 Å². The molecule has 1 heterocycles. The second kappa shape index (κ2) is 11.4. The van der Waals surface area contributed by atoms with Crippen molar-refractivity contribution in [3.63, 3.8) is 0 Å². The smallest absolute Gasteiger partial charge is 0.264 e. The Morgan fingerprint density at radius 2 is 1.83 bits per heavy atom. The van der Waals surface area contributed by atoms with E-state index in [0.29, 0.717) is 53.3 Å². The second-order valence-corrected chi connectivity index (χ2v) is 11.1. The fourth-order valence-electron chi connectivity index (χ4n) is 3.77. The van der Waals surface area contributed by atoms with Crippen LogP contribution in [-0.4, -0.2) is 46.3 Å². The third-order valence-corrected chi connectivity index (χ3v) is 8.03. The van der Waals surface area contributed by atoms with Gasteiger partial charge in [0.2, 0.25) is 0 Å². The number of thiocarbonyl (C=S) groups is 1. The van der Waals surface area contributed by atoms with Crippen LogP contribution in [0.25, 0.3) is 0 Å². The van der Waals surface area contributed by atoms with Crippen LogP contribution in [0.15, 0.2) is 76.1 Å². The highest BCUT2D eigenvalue weighted by atomic mass is 79.9. The van der Waals surface area contributed by atoms with Crippen molar-refractivity contribution in [2.24, 2.45) is 0 Å². The number of benzene rings is 3. The van der Waals surface area contributed by atoms with Gasteiger partial charge in [-0.25, -0.2) is 8.42 Å². The number of anilines is 2. The van der Waals surface area contributed by atoms with E-state index in [9.17, 15) is 13.2 Å². The highest BCUT2D eigenvalue weighted by Crippen LogP contribution is 2.33. The molecule has 0 spiro atoms. The van der Waals surface area contributed by atoms with E-state index >= 15 is 0 Å². The molecule has 0 aromatic heterocycles. The van der Waals surface area contributed by atoms with Crippen molar-refractivity contribution in [3.05, 3.63) is 82.3 Å². The maximum absolute atomic E-state index is 13.2. The molecule has 188 valence electrons. The third kappa shape index (κ3) is 5.86. The minimum absolute atomic E-state index is 0.0619. The summed E-state index contributed by atoms with van der Waals surface area (Å²) in [6.07, 6.45) is 0.681. The van der Waals surface area contributed by atoms with Crippen LogP contribution in [0.3, 0.4) is 0 Å². The van der Waals surface area contributed by atoms with Crippen LogP contribution in [0.5, 0.6) is 5.75 Å². The van der Waals surface area contributed by atoms with Gasteiger partial charge in [-0.05, 0) is 72.7 Å². The zero-order valence-corrected chi connectivity index (χ0v) is 22.6. The molecular weight excluding hydrogens is 566 g/mol. The quantitative estimate of drug-likeness (QED) is 0.298. The molecule has 3 aromatic carbocycles. The summed E-state index contributed by atoms with van der Waals surface area (Å²) in [7, 11) is -2.13. The number of hydrogen-bond donors (Lipinski definition) is 2. The standard InChI is InChI=1S/C25H24BrN3O5S2/c1-33-14-15-34-23-11-6-18(26)16-21(23)24(30)28-25(35)27-19-7-9-20(10-8-19)36(31,32)29-13-12-17-4-2-3-5-22(17)29/h2-11,16H,12-15H2,1H3,(H2,27,28,30,35). The number of carbonyl (C=O) groups excluding carboxylic acids is 1. The van der Waals surface area contributed by atoms with Crippen molar-refractivity contribution >= 4 is 60.6 Å². The van der Waals surface area contributed by atoms with E-state index < -0.39 is 15.9 Å².